The Morgan fingerprint density at radius 3 is 2.48 bits per heavy atom. The summed E-state index contributed by atoms with van der Waals surface area (Å²) in [6.07, 6.45) is 0. The van der Waals surface area contributed by atoms with E-state index in [-0.39, 0.29) is 12.5 Å². The Kier molecular flexibility index (Phi) is 8.14. The van der Waals surface area contributed by atoms with E-state index in [2.05, 4.69) is 43.3 Å². The van der Waals surface area contributed by atoms with Gasteiger partial charge in [-0.15, -0.1) is 0 Å². The number of benzene rings is 2. The second-order valence-corrected chi connectivity index (χ2v) is 8.86. The van der Waals surface area contributed by atoms with Gasteiger partial charge in [-0.3, -0.25) is 4.79 Å². The maximum atomic E-state index is 13.3. The van der Waals surface area contributed by atoms with Gasteiger partial charge >= 0.3 is 5.97 Å². The van der Waals surface area contributed by atoms with Gasteiger partial charge in [0.25, 0.3) is 5.91 Å². The molecule has 0 bridgehead atoms. The molecule has 0 unspecified atom stereocenters. The lowest BCUT2D eigenvalue weighted by molar-refractivity contribution is -0.142. The molecule has 0 radical (unpaired) electrons. The van der Waals surface area contributed by atoms with Crippen molar-refractivity contribution in [3.8, 4) is 11.5 Å². The Morgan fingerprint density at radius 2 is 1.85 bits per heavy atom. The van der Waals surface area contributed by atoms with Gasteiger partial charge in [-0.05, 0) is 78.5 Å². The van der Waals surface area contributed by atoms with Crippen LogP contribution in [0.3, 0.4) is 0 Å². The Labute approximate surface area is 211 Å². The number of carbonyl (C=O) groups excluding carboxylic acids is 2. The number of amides is 1. The molecule has 174 valence electrons. The van der Waals surface area contributed by atoms with E-state index >= 15 is 0 Å². The highest BCUT2D eigenvalue weighted by atomic mass is 127. The summed E-state index contributed by atoms with van der Waals surface area (Å²) >= 11 is 7.45. The fraction of sp³-hybridized carbons (Fsp3) is 0.261. The number of hydrogen-bond donors (Lipinski definition) is 3. The molecule has 0 saturated heterocycles. The predicted molar refractivity (Wildman–Crippen MR) is 137 cm³/mol. The Morgan fingerprint density at radius 1 is 1.15 bits per heavy atom. The third-order valence-electron chi connectivity index (χ3n) is 4.97. The van der Waals surface area contributed by atoms with E-state index < -0.39 is 12.0 Å². The van der Waals surface area contributed by atoms with Gasteiger partial charge in [-0.1, -0.05) is 17.7 Å². The Hall–Kier alpha value is -2.86. The number of aryl methyl sites for hydroxylation is 1. The number of carbonyl (C=O) groups is 2. The van der Waals surface area contributed by atoms with Crippen LogP contribution in [0.2, 0.25) is 0 Å². The first-order valence-corrected chi connectivity index (χ1v) is 11.5. The summed E-state index contributed by atoms with van der Waals surface area (Å²) in [5.74, 6) is 0.0675. The monoisotopic (exact) mass is 581 g/mol. The van der Waals surface area contributed by atoms with Crippen LogP contribution in [0.15, 0.2) is 47.7 Å². The van der Waals surface area contributed by atoms with Crippen molar-refractivity contribution in [3.63, 3.8) is 0 Å². The minimum absolute atomic E-state index is 0.249. The first kappa shape index (κ1) is 24.8. The van der Waals surface area contributed by atoms with Gasteiger partial charge in [-0.25, -0.2) is 4.79 Å². The van der Waals surface area contributed by atoms with Crippen molar-refractivity contribution in [1.82, 2.24) is 10.6 Å². The quantitative estimate of drug-likeness (QED) is 0.260. The average molecular weight is 581 g/mol. The van der Waals surface area contributed by atoms with Crippen molar-refractivity contribution in [1.29, 1.82) is 0 Å². The van der Waals surface area contributed by atoms with Gasteiger partial charge < -0.3 is 30.2 Å². The van der Waals surface area contributed by atoms with Crippen LogP contribution in [-0.2, 0) is 14.3 Å². The number of halogens is 1. The van der Waals surface area contributed by atoms with Crippen molar-refractivity contribution in [2.24, 2.45) is 0 Å². The third kappa shape index (κ3) is 5.93. The molecule has 0 aliphatic carbocycles. The zero-order chi connectivity index (χ0) is 24.1. The summed E-state index contributed by atoms with van der Waals surface area (Å²) in [7, 11) is 2.80. The maximum absolute atomic E-state index is 13.3. The average Bonchev–Trinajstić information content (AvgIpc) is 2.78. The standard InChI is InChI=1S/C23H24IN3O5S/c1-12-5-7-15(8-6-12)26-22(29)19-13(2)25-23(33)27-20(19)14-9-16(24)21(17(10-14)30-3)32-11-18(28)31-4/h5-10,20H,11H2,1-4H3,(H,26,29)(H2,25,27,33)/t20-/m0/s1. The molecule has 1 atom stereocenters. The van der Waals surface area contributed by atoms with Crippen LogP contribution in [0, 0.1) is 10.5 Å². The minimum atomic E-state index is -0.527. The summed E-state index contributed by atoms with van der Waals surface area (Å²) in [5.41, 5.74) is 3.68. The summed E-state index contributed by atoms with van der Waals surface area (Å²) in [6, 6.07) is 10.7. The number of rotatable bonds is 7. The lowest BCUT2D eigenvalue weighted by Crippen LogP contribution is -2.45. The SMILES string of the molecule is COC(=O)COc1c(I)cc([C@@H]2NC(=S)NC(C)=C2C(=O)Nc2ccc(C)cc2)cc1OC. The zero-order valence-corrected chi connectivity index (χ0v) is 21.6. The molecule has 0 fully saturated rings. The predicted octanol–water partition coefficient (Wildman–Crippen LogP) is 3.59. The molecule has 0 aromatic heterocycles. The normalized spacial score (nSPS) is 15.3. The van der Waals surface area contributed by atoms with Crippen LogP contribution in [-0.4, -0.2) is 37.8 Å². The lowest BCUT2D eigenvalue weighted by atomic mass is 9.94. The molecule has 3 rings (SSSR count). The molecule has 0 spiro atoms. The number of ether oxygens (including phenoxy) is 3. The molecule has 1 aliphatic rings. The fourth-order valence-electron chi connectivity index (χ4n) is 3.32. The third-order valence-corrected chi connectivity index (χ3v) is 5.99. The molecule has 2 aromatic carbocycles. The molecule has 1 amide bonds. The molecule has 1 aliphatic heterocycles. The van der Waals surface area contributed by atoms with Crippen LogP contribution < -0.4 is 25.4 Å². The summed E-state index contributed by atoms with van der Waals surface area (Å²) in [4.78, 5) is 24.8. The van der Waals surface area contributed by atoms with Crippen LogP contribution in [0.25, 0.3) is 0 Å². The second-order valence-electron chi connectivity index (χ2n) is 7.29. The fourth-order valence-corrected chi connectivity index (χ4v) is 4.37. The van der Waals surface area contributed by atoms with Crippen molar-refractivity contribution in [2.75, 3.05) is 26.1 Å². The van der Waals surface area contributed by atoms with Gasteiger partial charge in [0.1, 0.15) is 0 Å². The topological polar surface area (TPSA) is 97.9 Å². The molecular weight excluding hydrogens is 557 g/mol. The van der Waals surface area contributed by atoms with Crippen LogP contribution in [0.1, 0.15) is 24.1 Å². The van der Waals surface area contributed by atoms with E-state index in [0.717, 1.165) is 11.1 Å². The van der Waals surface area contributed by atoms with E-state index in [1.54, 1.807) is 13.0 Å². The molecule has 33 heavy (non-hydrogen) atoms. The van der Waals surface area contributed by atoms with Gasteiger partial charge in [-0.2, -0.15) is 0 Å². The smallest absolute Gasteiger partial charge is 0.343 e. The Balaban J connectivity index is 1.96. The molecule has 8 nitrogen and oxygen atoms in total. The maximum Gasteiger partial charge on any atom is 0.343 e. The number of allylic oxidation sites excluding steroid dienone is 1. The largest absolute Gasteiger partial charge is 0.493 e. The van der Waals surface area contributed by atoms with Gasteiger partial charge in [0.15, 0.2) is 23.2 Å². The minimum Gasteiger partial charge on any atom is -0.493 e. The van der Waals surface area contributed by atoms with Crippen LogP contribution in [0.5, 0.6) is 11.5 Å². The summed E-state index contributed by atoms with van der Waals surface area (Å²) < 4.78 is 16.4. The first-order valence-electron chi connectivity index (χ1n) is 9.96. The van der Waals surface area contributed by atoms with Crippen molar-refractivity contribution >= 4 is 57.5 Å². The second kappa shape index (κ2) is 10.8. The van der Waals surface area contributed by atoms with Gasteiger partial charge in [0.2, 0.25) is 0 Å². The van der Waals surface area contributed by atoms with E-state index in [1.807, 2.05) is 37.3 Å². The van der Waals surface area contributed by atoms with Gasteiger partial charge in [0.05, 0.1) is 29.4 Å². The number of anilines is 1. The highest BCUT2D eigenvalue weighted by molar-refractivity contribution is 14.1. The number of hydrogen-bond acceptors (Lipinski definition) is 6. The summed E-state index contributed by atoms with van der Waals surface area (Å²) in [5, 5.41) is 9.56. The number of methoxy groups -OCH3 is 2. The highest BCUT2D eigenvalue weighted by Gasteiger charge is 2.31. The molecule has 2 aromatic rings. The van der Waals surface area contributed by atoms with Crippen molar-refractivity contribution in [3.05, 3.63) is 62.4 Å². The number of nitrogens with one attached hydrogen (secondary N) is 3. The highest BCUT2D eigenvalue weighted by Crippen LogP contribution is 2.38. The van der Waals surface area contributed by atoms with E-state index in [4.69, 9.17) is 21.7 Å². The van der Waals surface area contributed by atoms with E-state index in [0.29, 0.717) is 37.1 Å². The van der Waals surface area contributed by atoms with E-state index in [9.17, 15) is 9.59 Å². The molecule has 1 heterocycles. The van der Waals surface area contributed by atoms with E-state index in [1.165, 1.54) is 14.2 Å². The Bertz CT molecular complexity index is 1120. The lowest BCUT2D eigenvalue weighted by Gasteiger charge is -2.31. The zero-order valence-electron chi connectivity index (χ0n) is 18.6. The number of thiocarbonyl (C=S) groups is 1. The van der Waals surface area contributed by atoms with Crippen molar-refractivity contribution in [2.45, 2.75) is 19.9 Å². The van der Waals surface area contributed by atoms with Crippen LogP contribution in [0.4, 0.5) is 5.69 Å². The molecule has 10 heteroatoms. The molecular formula is C23H24IN3O5S. The molecule has 3 N–H and O–H groups in total. The molecule has 0 saturated carbocycles. The summed E-state index contributed by atoms with van der Waals surface area (Å²) in [6.45, 7) is 3.54. The first-order chi connectivity index (χ1) is 15.7. The van der Waals surface area contributed by atoms with Gasteiger partial charge in [0, 0.05) is 11.4 Å². The number of esters is 1. The van der Waals surface area contributed by atoms with Crippen LogP contribution >= 0.6 is 34.8 Å². The van der Waals surface area contributed by atoms with Crippen molar-refractivity contribution < 1.29 is 23.8 Å².